The van der Waals surface area contributed by atoms with Gasteiger partial charge in [0.2, 0.25) is 0 Å². The molecule has 1 aromatic carbocycles. The monoisotopic (exact) mass is 359 g/mol. The lowest BCUT2D eigenvalue weighted by atomic mass is 10.2. The highest BCUT2D eigenvalue weighted by Crippen LogP contribution is 2.18. The molecule has 0 aliphatic carbocycles. The number of hydrogen-bond donors (Lipinski definition) is 1. The Hall–Kier alpha value is -2.16. The number of carbonyl (C=O) groups excluding carboxylic acids is 2. The van der Waals surface area contributed by atoms with E-state index in [2.05, 4.69) is 5.32 Å². The molecule has 1 N–H and O–H groups in total. The molecule has 9 heteroatoms. The molecule has 2 atom stereocenters. The van der Waals surface area contributed by atoms with E-state index < -0.39 is 39.7 Å². The fourth-order valence-corrected chi connectivity index (χ4v) is 3.97. The van der Waals surface area contributed by atoms with Crippen molar-refractivity contribution >= 4 is 21.7 Å². The Bertz CT molecular complexity index is 748. The summed E-state index contributed by atoms with van der Waals surface area (Å²) in [4.78, 5) is 23.9. The Morgan fingerprint density at radius 2 is 2.08 bits per heavy atom. The van der Waals surface area contributed by atoms with Crippen molar-refractivity contribution in [3.63, 3.8) is 0 Å². The maximum Gasteiger partial charge on any atom is 0.341 e. The van der Waals surface area contributed by atoms with E-state index in [0.29, 0.717) is 6.42 Å². The topological polar surface area (TPSA) is 98.8 Å². The minimum Gasteiger partial charge on any atom is -0.497 e. The first-order chi connectivity index (χ1) is 11.2. The number of amides is 1. The lowest BCUT2D eigenvalue weighted by Gasteiger charge is -2.16. The van der Waals surface area contributed by atoms with Gasteiger partial charge in [-0.3, -0.25) is 4.79 Å². The van der Waals surface area contributed by atoms with Crippen molar-refractivity contribution in [1.82, 2.24) is 5.32 Å². The number of nitrogens with one attached hydrogen (secondary N) is 1. The molecule has 1 aliphatic rings. The summed E-state index contributed by atoms with van der Waals surface area (Å²) in [7, 11) is -1.77. The maximum atomic E-state index is 13.8. The van der Waals surface area contributed by atoms with Gasteiger partial charge in [0.25, 0.3) is 5.91 Å². The van der Waals surface area contributed by atoms with Crippen LogP contribution in [0.4, 0.5) is 4.39 Å². The Kier molecular flexibility index (Phi) is 5.43. The zero-order valence-corrected chi connectivity index (χ0v) is 14.1. The quantitative estimate of drug-likeness (QED) is 0.777. The summed E-state index contributed by atoms with van der Waals surface area (Å²) in [6.07, 6.45) is -0.857. The van der Waals surface area contributed by atoms with Crippen LogP contribution in [0.2, 0.25) is 0 Å². The van der Waals surface area contributed by atoms with Gasteiger partial charge in [0, 0.05) is 12.1 Å². The average Bonchev–Trinajstić information content (AvgIpc) is 2.85. The molecule has 2 rings (SSSR count). The lowest BCUT2D eigenvalue weighted by molar-refractivity contribution is -0.129. The number of sulfone groups is 1. The Morgan fingerprint density at radius 1 is 1.38 bits per heavy atom. The number of rotatable bonds is 5. The summed E-state index contributed by atoms with van der Waals surface area (Å²) in [5.41, 5.74) is -0.320. The molecule has 132 valence electrons. The van der Waals surface area contributed by atoms with Crippen molar-refractivity contribution in [2.75, 3.05) is 18.6 Å². The van der Waals surface area contributed by atoms with Crippen molar-refractivity contribution in [2.24, 2.45) is 0 Å². The molecule has 1 aliphatic heterocycles. The van der Waals surface area contributed by atoms with Gasteiger partial charge in [0.15, 0.2) is 15.9 Å². The van der Waals surface area contributed by atoms with Crippen LogP contribution in [-0.2, 0) is 19.4 Å². The van der Waals surface area contributed by atoms with E-state index in [-0.39, 0.29) is 22.8 Å². The second kappa shape index (κ2) is 7.16. The van der Waals surface area contributed by atoms with Crippen molar-refractivity contribution in [2.45, 2.75) is 25.5 Å². The van der Waals surface area contributed by atoms with Gasteiger partial charge >= 0.3 is 5.97 Å². The predicted molar refractivity (Wildman–Crippen MR) is 83.0 cm³/mol. The van der Waals surface area contributed by atoms with E-state index in [1.807, 2.05) is 0 Å². The SMILES string of the molecule is COc1ccc(C(=O)O[C@@H](C)C(=O)N[C@H]2CCS(=O)(=O)C2)c(F)c1. The number of ether oxygens (including phenoxy) is 2. The zero-order chi connectivity index (χ0) is 17.9. The number of halogens is 1. The number of esters is 1. The lowest BCUT2D eigenvalue weighted by Crippen LogP contribution is -2.42. The first-order valence-electron chi connectivity index (χ1n) is 7.27. The molecule has 1 aromatic rings. The van der Waals surface area contributed by atoms with Crippen molar-refractivity contribution in [1.29, 1.82) is 0 Å². The minimum absolute atomic E-state index is 0.0170. The van der Waals surface area contributed by atoms with E-state index in [0.717, 1.165) is 6.07 Å². The van der Waals surface area contributed by atoms with E-state index in [4.69, 9.17) is 9.47 Å². The maximum absolute atomic E-state index is 13.8. The van der Waals surface area contributed by atoms with Crippen LogP contribution < -0.4 is 10.1 Å². The van der Waals surface area contributed by atoms with Gasteiger partial charge in [-0.05, 0) is 25.5 Å². The Morgan fingerprint density at radius 3 is 2.62 bits per heavy atom. The molecule has 0 bridgehead atoms. The first kappa shape index (κ1) is 18.2. The largest absolute Gasteiger partial charge is 0.497 e. The number of methoxy groups -OCH3 is 1. The van der Waals surface area contributed by atoms with Crippen molar-refractivity contribution in [3.05, 3.63) is 29.6 Å². The highest BCUT2D eigenvalue weighted by molar-refractivity contribution is 7.91. The number of benzene rings is 1. The van der Waals surface area contributed by atoms with Crippen molar-refractivity contribution < 1.29 is 31.9 Å². The molecule has 24 heavy (non-hydrogen) atoms. The van der Waals surface area contributed by atoms with E-state index >= 15 is 0 Å². The first-order valence-corrected chi connectivity index (χ1v) is 9.09. The molecule has 1 fully saturated rings. The van der Waals surface area contributed by atoms with Crippen LogP contribution in [0, 0.1) is 5.82 Å². The predicted octanol–water partition coefficient (Wildman–Crippen LogP) is 0.683. The third-order valence-corrected chi connectivity index (χ3v) is 5.40. The molecule has 0 aromatic heterocycles. The standard InChI is InChI=1S/C15H18FNO6S/c1-9(14(18)17-10-5-6-24(20,21)8-10)23-15(19)12-4-3-11(22-2)7-13(12)16/h3-4,7,9-10H,5-6,8H2,1-2H3,(H,17,18)/t9-,10-/m0/s1. The van der Waals surface area contributed by atoms with E-state index in [1.54, 1.807) is 0 Å². The summed E-state index contributed by atoms with van der Waals surface area (Å²) in [6, 6.07) is 3.13. The molecular weight excluding hydrogens is 341 g/mol. The summed E-state index contributed by atoms with van der Waals surface area (Å²) >= 11 is 0. The highest BCUT2D eigenvalue weighted by Gasteiger charge is 2.31. The fraction of sp³-hybridized carbons (Fsp3) is 0.467. The van der Waals surface area contributed by atoms with Gasteiger partial charge in [-0.15, -0.1) is 0 Å². The van der Waals surface area contributed by atoms with E-state index in [9.17, 15) is 22.4 Å². The van der Waals surface area contributed by atoms with Crippen LogP contribution in [-0.4, -0.2) is 51.1 Å². The molecule has 7 nitrogen and oxygen atoms in total. The molecule has 1 saturated heterocycles. The van der Waals surface area contributed by atoms with Crippen LogP contribution >= 0.6 is 0 Å². The third-order valence-electron chi connectivity index (χ3n) is 3.63. The molecule has 1 heterocycles. The van der Waals surface area contributed by atoms with Crippen LogP contribution in [0.25, 0.3) is 0 Å². The molecule has 0 radical (unpaired) electrons. The normalized spacial score (nSPS) is 20.2. The molecule has 0 unspecified atom stereocenters. The summed E-state index contributed by atoms with van der Waals surface area (Å²) in [6.45, 7) is 1.33. The smallest absolute Gasteiger partial charge is 0.341 e. The van der Waals surface area contributed by atoms with Crippen LogP contribution in [0.15, 0.2) is 18.2 Å². The second-order valence-corrected chi connectivity index (χ2v) is 7.73. The number of hydrogen-bond acceptors (Lipinski definition) is 6. The van der Waals surface area contributed by atoms with Gasteiger partial charge in [0.1, 0.15) is 11.6 Å². The highest BCUT2D eigenvalue weighted by atomic mass is 32.2. The van der Waals surface area contributed by atoms with Gasteiger partial charge in [0.05, 0.1) is 24.2 Å². The number of carbonyl (C=O) groups is 2. The minimum atomic E-state index is -3.13. The fourth-order valence-electron chi connectivity index (χ4n) is 2.29. The van der Waals surface area contributed by atoms with Crippen LogP contribution in [0.1, 0.15) is 23.7 Å². The third kappa shape index (κ3) is 4.44. The van der Waals surface area contributed by atoms with Gasteiger partial charge in [-0.25, -0.2) is 17.6 Å². The Labute approximate surface area is 139 Å². The van der Waals surface area contributed by atoms with E-state index in [1.165, 1.54) is 26.2 Å². The second-order valence-electron chi connectivity index (χ2n) is 5.50. The zero-order valence-electron chi connectivity index (χ0n) is 13.2. The Balaban J connectivity index is 1.95. The molecule has 0 spiro atoms. The molecule has 1 amide bonds. The summed E-state index contributed by atoms with van der Waals surface area (Å²) in [5, 5.41) is 2.51. The summed E-state index contributed by atoms with van der Waals surface area (Å²) < 4.78 is 46.3. The summed E-state index contributed by atoms with van der Waals surface area (Å²) in [5.74, 6) is -2.31. The van der Waals surface area contributed by atoms with Gasteiger partial charge in [-0.2, -0.15) is 0 Å². The van der Waals surface area contributed by atoms with Gasteiger partial charge < -0.3 is 14.8 Å². The van der Waals surface area contributed by atoms with Crippen molar-refractivity contribution in [3.8, 4) is 5.75 Å². The molecule has 0 saturated carbocycles. The molecular formula is C15H18FNO6S. The van der Waals surface area contributed by atoms with Crippen LogP contribution in [0.3, 0.4) is 0 Å². The average molecular weight is 359 g/mol. The van der Waals surface area contributed by atoms with Gasteiger partial charge in [-0.1, -0.05) is 0 Å². The van der Waals surface area contributed by atoms with Crippen LogP contribution in [0.5, 0.6) is 5.75 Å².